The van der Waals surface area contributed by atoms with Gasteiger partial charge in [0.05, 0.1) is 11.5 Å². The van der Waals surface area contributed by atoms with Gasteiger partial charge in [-0.05, 0) is 18.9 Å². The van der Waals surface area contributed by atoms with Crippen LogP contribution in [0.15, 0.2) is 23.7 Å². The Kier molecular flexibility index (Phi) is 8.73. The first-order chi connectivity index (χ1) is 7.24. The van der Waals surface area contributed by atoms with Crippen molar-refractivity contribution in [3.8, 4) is 0 Å². The summed E-state index contributed by atoms with van der Waals surface area (Å²) in [5.41, 5.74) is 6.50. The van der Waals surface area contributed by atoms with E-state index in [1.807, 2.05) is 6.20 Å². The second-order valence-corrected chi connectivity index (χ2v) is 3.39. The molecule has 0 spiro atoms. The Hall–Kier alpha value is -1.12. The fraction of sp³-hybridized carbons (Fsp3) is 0.667. The van der Waals surface area contributed by atoms with E-state index >= 15 is 0 Å². The zero-order chi connectivity index (χ0) is 11.5. The molecule has 0 amide bonds. The molecular weight excluding hydrogens is 188 g/mol. The van der Waals surface area contributed by atoms with Crippen molar-refractivity contribution in [3.05, 3.63) is 23.7 Å². The van der Waals surface area contributed by atoms with Crippen LogP contribution in [0.2, 0.25) is 0 Å². The Morgan fingerprint density at radius 3 is 2.60 bits per heavy atom. The summed E-state index contributed by atoms with van der Waals surface area (Å²) < 4.78 is 5.55. The van der Waals surface area contributed by atoms with E-state index in [2.05, 4.69) is 32.2 Å². The number of hydrogen-bond acceptors (Lipinski definition) is 3. The maximum atomic E-state index is 5.76. The van der Waals surface area contributed by atoms with Gasteiger partial charge in [0, 0.05) is 19.2 Å². The molecule has 0 fully saturated rings. The van der Waals surface area contributed by atoms with E-state index in [1.165, 1.54) is 0 Å². The highest BCUT2D eigenvalue weighted by atomic mass is 16.5. The van der Waals surface area contributed by atoms with E-state index in [-0.39, 0.29) is 0 Å². The fourth-order valence-corrected chi connectivity index (χ4v) is 1.10. The third-order valence-electron chi connectivity index (χ3n) is 1.89. The zero-order valence-corrected chi connectivity index (χ0v) is 10.2. The van der Waals surface area contributed by atoms with Crippen LogP contribution in [-0.4, -0.2) is 13.2 Å². The molecule has 0 atom stereocenters. The molecule has 0 aliphatic carbocycles. The van der Waals surface area contributed by atoms with Crippen LogP contribution < -0.4 is 11.1 Å². The van der Waals surface area contributed by atoms with Crippen molar-refractivity contribution in [2.75, 3.05) is 13.2 Å². The number of ether oxygens (including phenoxy) is 1. The first kappa shape index (κ1) is 13.9. The molecule has 0 unspecified atom stereocenters. The SMILES string of the molecule is CCC=C(CC)OCC(N)=CNCCC. The molecule has 3 nitrogen and oxygen atoms in total. The molecule has 0 rings (SSSR count). The summed E-state index contributed by atoms with van der Waals surface area (Å²) in [6.07, 6.45) is 6.93. The van der Waals surface area contributed by atoms with Crippen molar-refractivity contribution in [1.29, 1.82) is 0 Å². The highest BCUT2D eigenvalue weighted by Crippen LogP contribution is 2.04. The molecule has 0 aromatic heterocycles. The summed E-state index contributed by atoms with van der Waals surface area (Å²) in [7, 11) is 0. The quantitative estimate of drug-likeness (QED) is 0.480. The molecule has 88 valence electrons. The average molecular weight is 212 g/mol. The van der Waals surface area contributed by atoms with E-state index in [9.17, 15) is 0 Å². The van der Waals surface area contributed by atoms with Crippen LogP contribution in [0.25, 0.3) is 0 Å². The van der Waals surface area contributed by atoms with E-state index in [0.29, 0.717) is 6.61 Å². The van der Waals surface area contributed by atoms with Crippen LogP contribution in [0.1, 0.15) is 40.0 Å². The van der Waals surface area contributed by atoms with Crippen molar-refractivity contribution in [1.82, 2.24) is 5.32 Å². The number of rotatable bonds is 8. The summed E-state index contributed by atoms with van der Waals surface area (Å²) >= 11 is 0. The fourth-order valence-electron chi connectivity index (χ4n) is 1.10. The summed E-state index contributed by atoms with van der Waals surface area (Å²) in [4.78, 5) is 0. The summed E-state index contributed by atoms with van der Waals surface area (Å²) in [5, 5.41) is 3.12. The summed E-state index contributed by atoms with van der Waals surface area (Å²) in [6, 6.07) is 0. The van der Waals surface area contributed by atoms with Crippen LogP contribution in [0, 0.1) is 0 Å². The monoisotopic (exact) mass is 212 g/mol. The summed E-state index contributed by atoms with van der Waals surface area (Å²) in [6.45, 7) is 7.72. The van der Waals surface area contributed by atoms with Gasteiger partial charge in [0.2, 0.25) is 0 Å². The maximum Gasteiger partial charge on any atom is 0.128 e. The second-order valence-electron chi connectivity index (χ2n) is 3.39. The third kappa shape index (κ3) is 7.91. The Labute approximate surface area is 93.4 Å². The van der Waals surface area contributed by atoms with Crippen LogP contribution in [0.4, 0.5) is 0 Å². The number of nitrogens with two attached hydrogens (primary N) is 1. The maximum absolute atomic E-state index is 5.76. The van der Waals surface area contributed by atoms with Gasteiger partial charge < -0.3 is 15.8 Å². The molecule has 15 heavy (non-hydrogen) atoms. The van der Waals surface area contributed by atoms with Crippen molar-refractivity contribution in [3.63, 3.8) is 0 Å². The lowest BCUT2D eigenvalue weighted by Gasteiger charge is -2.09. The molecule has 0 aliphatic heterocycles. The lowest BCUT2D eigenvalue weighted by Crippen LogP contribution is -2.14. The Morgan fingerprint density at radius 1 is 1.33 bits per heavy atom. The third-order valence-corrected chi connectivity index (χ3v) is 1.89. The molecule has 0 aromatic rings. The molecule has 0 saturated carbocycles. The zero-order valence-electron chi connectivity index (χ0n) is 10.2. The van der Waals surface area contributed by atoms with Crippen molar-refractivity contribution in [2.24, 2.45) is 5.73 Å². The van der Waals surface area contributed by atoms with E-state index in [0.717, 1.165) is 37.3 Å². The minimum Gasteiger partial charge on any atom is -0.492 e. The highest BCUT2D eigenvalue weighted by molar-refractivity contribution is 4.98. The minimum atomic E-state index is 0.469. The molecule has 0 radical (unpaired) electrons. The van der Waals surface area contributed by atoms with E-state index < -0.39 is 0 Å². The van der Waals surface area contributed by atoms with Crippen LogP contribution in [0.3, 0.4) is 0 Å². The molecule has 0 heterocycles. The van der Waals surface area contributed by atoms with Crippen LogP contribution >= 0.6 is 0 Å². The van der Waals surface area contributed by atoms with Gasteiger partial charge in [-0.25, -0.2) is 0 Å². The van der Waals surface area contributed by atoms with Crippen molar-refractivity contribution >= 4 is 0 Å². The topological polar surface area (TPSA) is 47.3 Å². The van der Waals surface area contributed by atoms with Gasteiger partial charge in [-0.3, -0.25) is 0 Å². The number of hydrogen-bond donors (Lipinski definition) is 2. The van der Waals surface area contributed by atoms with Crippen LogP contribution in [-0.2, 0) is 4.74 Å². The molecular formula is C12H24N2O. The smallest absolute Gasteiger partial charge is 0.128 e. The van der Waals surface area contributed by atoms with Gasteiger partial charge in [-0.15, -0.1) is 0 Å². The van der Waals surface area contributed by atoms with Gasteiger partial charge in [0.25, 0.3) is 0 Å². The van der Waals surface area contributed by atoms with Gasteiger partial charge in [0.1, 0.15) is 6.61 Å². The number of nitrogens with one attached hydrogen (secondary N) is 1. The minimum absolute atomic E-state index is 0.469. The average Bonchev–Trinajstić information content (AvgIpc) is 2.24. The molecule has 0 saturated heterocycles. The molecule has 3 N–H and O–H groups in total. The van der Waals surface area contributed by atoms with Gasteiger partial charge in [0.15, 0.2) is 0 Å². The van der Waals surface area contributed by atoms with Crippen LogP contribution in [0.5, 0.6) is 0 Å². The first-order valence-corrected chi connectivity index (χ1v) is 5.74. The Morgan fingerprint density at radius 2 is 2.07 bits per heavy atom. The Bertz CT molecular complexity index is 210. The van der Waals surface area contributed by atoms with E-state index in [1.54, 1.807) is 0 Å². The molecule has 0 aliphatic rings. The standard InChI is InChI=1S/C12H24N2O/c1-4-7-12(6-3)15-10-11(13)9-14-8-5-2/h7,9,14H,4-6,8,10,13H2,1-3H3. The number of allylic oxidation sites excluding steroid dienone is 2. The van der Waals surface area contributed by atoms with Gasteiger partial charge >= 0.3 is 0 Å². The first-order valence-electron chi connectivity index (χ1n) is 5.74. The van der Waals surface area contributed by atoms with E-state index in [4.69, 9.17) is 10.5 Å². The van der Waals surface area contributed by atoms with Crippen molar-refractivity contribution < 1.29 is 4.74 Å². The van der Waals surface area contributed by atoms with Crippen molar-refractivity contribution in [2.45, 2.75) is 40.0 Å². The lowest BCUT2D eigenvalue weighted by atomic mass is 10.3. The summed E-state index contributed by atoms with van der Waals surface area (Å²) in [5.74, 6) is 1.02. The normalized spacial score (nSPS) is 12.7. The molecule has 0 bridgehead atoms. The predicted molar refractivity (Wildman–Crippen MR) is 65.2 cm³/mol. The molecule has 3 heteroatoms. The molecule has 0 aromatic carbocycles. The van der Waals surface area contributed by atoms with Gasteiger partial charge in [-0.1, -0.05) is 20.8 Å². The largest absolute Gasteiger partial charge is 0.492 e. The lowest BCUT2D eigenvalue weighted by molar-refractivity contribution is 0.228. The highest BCUT2D eigenvalue weighted by Gasteiger charge is 1.95. The predicted octanol–water partition coefficient (Wildman–Crippen LogP) is 2.51. The second kappa shape index (κ2) is 9.44. The Balaban J connectivity index is 3.81. The van der Waals surface area contributed by atoms with Gasteiger partial charge in [-0.2, -0.15) is 0 Å².